The van der Waals surface area contributed by atoms with Gasteiger partial charge in [-0.15, -0.1) is 0 Å². The molecule has 1 aromatic heterocycles. The normalized spacial score (nSPS) is 10.6. The molecular formula is C23H26N4O. The molecule has 3 aromatic rings. The summed E-state index contributed by atoms with van der Waals surface area (Å²) in [6, 6.07) is 15.9. The number of para-hydroxylation sites is 1. The zero-order valence-electron chi connectivity index (χ0n) is 16.8. The van der Waals surface area contributed by atoms with Crippen molar-refractivity contribution in [3.63, 3.8) is 0 Å². The molecule has 0 radical (unpaired) electrons. The number of hydrogen-bond acceptors (Lipinski definition) is 4. The molecule has 1 amide bonds. The molecule has 0 aliphatic carbocycles. The van der Waals surface area contributed by atoms with Crippen molar-refractivity contribution in [2.75, 3.05) is 10.6 Å². The Morgan fingerprint density at radius 1 is 0.929 bits per heavy atom. The van der Waals surface area contributed by atoms with Gasteiger partial charge in [-0.3, -0.25) is 4.79 Å². The van der Waals surface area contributed by atoms with Crippen molar-refractivity contribution < 1.29 is 4.79 Å². The monoisotopic (exact) mass is 374 g/mol. The fourth-order valence-corrected chi connectivity index (χ4v) is 3.13. The van der Waals surface area contributed by atoms with E-state index in [4.69, 9.17) is 0 Å². The van der Waals surface area contributed by atoms with Gasteiger partial charge in [0.1, 0.15) is 5.69 Å². The van der Waals surface area contributed by atoms with Crippen molar-refractivity contribution in [1.82, 2.24) is 9.97 Å². The van der Waals surface area contributed by atoms with E-state index in [9.17, 15) is 4.79 Å². The summed E-state index contributed by atoms with van der Waals surface area (Å²) in [4.78, 5) is 21.7. The maximum atomic E-state index is 12.8. The molecule has 5 heteroatoms. The van der Waals surface area contributed by atoms with Crippen molar-refractivity contribution >= 4 is 17.5 Å². The molecule has 0 saturated heterocycles. The SMILES string of the molecule is CCc1cccc(C)c1NC(=O)c1cc(C)nc(NCc2ccccc2C)n1. The maximum absolute atomic E-state index is 12.8. The zero-order chi connectivity index (χ0) is 20.1. The third kappa shape index (κ3) is 4.55. The number of anilines is 2. The molecule has 0 saturated carbocycles. The molecule has 0 unspecified atom stereocenters. The molecule has 28 heavy (non-hydrogen) atoms. The predicted octanol–water partition coefficient (Wildman–Crippen LogP) is 4.83. The van der Waals surface area contributed by atoms with E-state index in [0.29, 0.717) is 18.2 Å². The molecule has 0 bridgehead atoms. The molecular weight excluding hydrogens is 348 g/mol. The quantitative estimate of drug-likeness (QED) is 0.649. The van der Waals surface area contributed by atoms with Gasteiger partial charge in [0.05, 0.1) is 0 Å². The number of rotatable bonds is 6. The van der Waals surface area contributed by atoms with Crippen LogP contribution < -0.4 is 10.6 Å². The van der Waals surface area contributed by atoms with Gasteiger partial charge < -0.3 is 10.6 Å². The minimum Gasteiger partial charge on any atom is -0.350 e. The first-order valence-corrected chi connectivity index (χ1v) is 9.52. The van der Waals surface area contributed by atoms with Gasteiger partial charge in [0.25, 0.3) is 5.91 Å². The van der Waals surface area contributed by atoms with E-state index in [-0.39, 0.29) is 5.91 Å². The predicted molar refractivity (Wildman–Crippen MR) is 114 cm³/mol. The molecule has 0 atom stereocenters. The van der Waals surface area contributed by atoms with Gasteiger partial charge in [0.15, 0.2) is 0 Å². The third-order valence-corrected chi connectivity index (χ3v) is 4.76. The Bertz CT molecular complexity index is 998. The number of carbonyl (C=O) groups is 1. The molecule has 0 spiro atoms. The van der Waals surface area contributed by atoms with Crippen LogP contribution in [0.1, 0.15) is 45.4 Å². The van der Waals surface area contributed by atoms with Crippen molar-refractivity contribution in [2.45, 2.75) is 40.7 Å². The topological polar surface area (TPSA) is 66.9 Å². The van der Waals surface area contributed by atoms with E-state index in [2.05, 4.69) is 46.6 Å². The van der Waals surface area contributed by atoms with E-state index in [1.807, 2.05) is 44.2 Å². The Hall–Kier alpha value is -3.21. The smallest absolute Gasteiger partial charge is 0.274 e. The Labute approximate surface area is 166 Å². The summed E-state index contributed by atoms with van der Waals surface area (Å²) >= 11 is 0. The number of nitrogens with zero attached hydrogens (tertiary/aromatic N) is 2. The number of carbonyl (C=O) groups excluding carboxylic acids is 1. The third-order valence-electron chi connectivity index (χ3n) is 4.76. The first kappa shape index (κ1) is 19.5. The van der Waals surface area contributed by atoms with Gasteiger partial charge in [-0.1, -0.05) is 49.4 Å². The van der Waals surface area contributed by atoms with Gasteiger partial charge in [-0.2, -0.15) is 0 Å². The lowest BCUT2D eigenvalue weighted by atomic mass is 10.1. The number of benzene rings is 2. The summed E-state index contributed by atoms with van der Waals surface area (Å²) in [5.74, 6) is 0.224. The molecule has 5 nitrogen and oxygen atoms in total. The highest BCUT2D eigenvalue weighted by atomic mass is 16.1. The summed E-state index contributed by atoms with van der Waals surface area (Å²) < 4.78 is 0. The van der Waals surface area contributed by atoms with Crippen LogP contribution in [0.2, 0.25) is 0 Å². The van der Waals surface area contributed by atoms with Crippen molar-refractivity contribution in [3.8, 4) is 0 Å². The maximum Gasteiger partial charge on any atom is 0.274 e. The number of aromatic nitrogens is 2. The summed E-state index contributed by atoms with van der Waals surface area (Å²) in [5.41, 5.74) is 6.48. The van der Waals surface area contributed by atoms with Crippen LogP contribution in [0.15, 0.2) is 48.5 Å². The fraction of sp³-hybridized carbons (Fsp3) is 0.261. The fourth-order valence-electron chi connectivity index (χ4n) is 3.13. The highest BCUT2D eigenvalue weighted by Crippen LogP contribution is 2.22. The van der Waals surface area contributed by atoms with Crippen molar-refractivity contribution in [3.05, 3.63) is 82.2 Å². The number of hydrogen-bond donors (Lipinski definition) is 2. The van der Waals surface area contributed by atoms with E-state index < -0.39 is 0 Å². The molecule has 1 heterocycles. The summed E-state index contributed by atoms with van der Waals surface area (Å²) in [6.45, 7) is 8.61. The van der Waals surface area contributed by atoms with Crippen LogP contribution in [0.4, 0.5) is 11.6 Å². The van der Waals surface area contributed by atoms with Gasteiger partial charge in [-0.05, 0) is 55.5 Å². The minimum atomic E-state index is -0.228. The lowest BCUT2D eigenvalue weighted by molar-refractivity contribution is 0.102. The van der Waals surface area contributed by atoms with Gasteiger partial charge in [0.2, 0.25) is 5.95 Å². The zero-order valence-corrected chi connectivity index (χ0v) is 16.8. The second-order valence-electron chi connectivity index (χ2n) is 6.91. The van der Waals surface area contributed by atoms with Gasteiger partial charge >= 0.3 is 0 Å². The number of aryl methyl sites for hydroxylation is 4. The molecule has 0 aliphatic heterocycles. The average molecular weight is 374 g/mol. The highest BCUT2D eigenvalue weighted by molar-refractivity contribution is 6.04. The molecule has 3 rings (SSSR count). The van der Waals surface area contributed by atoms with Crippen LogP contribution in [-0.4, -0.2) is 15.9 Å². The second-order valence-corrected chi connectivity index (χ2v) is 6.91. The summed E-state index contributed by atoms with van der Waals surface area (Å²) in [5, 5.41) is 6.26. The summed E-state index contributed by atoms with van der Waals surface area (Å²) in [7, 11) is 0. The average Bonchev–Trinajstić information content (AvgIpc) is 2.68. The molecule has 0 fully saturated rings. The Balaban J connectivity index is 1.79. The highest BCUT2D eigenvalue weighted by Gasteiger charge is 2.14. The number of nitrogens with one attached hydrogen (secondary N) is 2. The van der Waals surface area contributed by atoms with E-state index in [0.717, 1.165) is 28.9 Å². The minimum absolute atomic E-state index is 0.228. The Morgan fingerprint density at radius 2 is 1.64 bits per heavy atom. The van der Waals surface area contributed by atoms with E-state index >= 15 is 0 Å². The number of amides is 1. The molecule has 2 aromatic carbocycles. The van der Waals surface area contributed by atoms with E-state index in [1.54, 1.807) is 6.07 Å². The lowest BCUT2D eigenvalue weighted by Gasteiger charge is -2.13. The Morgan fingerprint density at radius 3 is 2.39 bits per heavy atom. The van der Waals surface area contributed by atoms with Crippen LogP contribution >= 0.6 is 0 Å². The first-order chi connectivity index (χ1) is 13.5. The van der Waals surface area contributed by atoms with Gasteiger partial charge in [0, 0.05) is 17.9 Å². The van der Waals surface area contributed by atoms with Crippen LogP contribution in [0.5, 0.6) is 0 Å². The molecule has 2 N–H and O–H groups in total. The molecule has 144 valence electrons. The largest absolute Gasteiger partial charge is 0.350 e. The van der Waals surface area contributed by atoms with Crippen LogP contribution in [0, 0.1) is 20.8 Å². The van der Waals surface area contributed by atoms with Crippen molar-refractivity contribution in [1.29, 1.82) is 0 Å². The molecule has 0 aliphatic rings. The second kappa shape index (κ2) is 8.65. The standard InChI is InChI=1S/C23H26N4O/c1-5-18-12-8-10-16(3)21(18)27-22(28)20-13-17(4)25-23(26-20)24-14-19-11-7-6-9-15(19)2/h6-13H,5,14H2,1-4H3,(H,27,28)(H,24,25,26). The Kier molecular flexibility index (Phi) is 6.04. The van der Waals surface area contributed by atoms with Crippen LogP contribution in [0.3, 0.4) is 0 Å². The van der Waals surface area contributed by atoms with Crippen LogP contribution in [0.25, 0.3) is 0 Å². The van der Waals surface area contributed by atoms with Crippen molar-refractivity contribution in [2.24, 2.45) is 0 Å². The van der Waals surface area contributed by atoms with E-state index in [1.165, 1.54) is 11.1 Å². The first-order valence-electron chi connectivity index (χ1n) is 9.52. The van der Waals surface area contributed by atoms with Crippen LogP contribution in [-0.2, 0) is 13.0 Å². The lowest BCUT2D eigenvalue weighted by Crippen LogP contribution is -2.17. The summed E-state index contributed by atoms with van der Waals surface area (Å²) in [6.07, 6.45) is 0.851. The van der Waals surface area contributed by atoms with Gasteiger partial charge in [-0.25, -0.2) is 9.97 Å².